The third-order valence-electron chi connectivity index (χ3n) is 5.48. The molecular formula is C19H35IN8O. The molecule has 3 heterocycles. The van der Waals surface area contributed by atoms with E-state index in [2.05, 4.69) is 32.3 Å². The molecule has 3 rings (SSSR count). The first-order valence-corrected chi connectivity index (χ1v) is 10.2. The van der Waals surface area contributed by atoms with E-state index in [0.29, 0.717) is 13.1 Å². The van der Waals surface area contributed by atoms with Gasteiger partial charge < -0.3 is 24.9 Å². The maximum absolute atomic E-state index is 12.6. The van der Waals surface area contributed by atoms with Crippen LogP contribution in [0.3, 0.4) is 0 Å². The van der Waals surface area contributed by atoms with Crippen LogP contribution < -0.4 is 10.2 Å². The Labute approximate surface area is 191 Å². The van der Waals surface area contributed by atoms with Crippen LogP contribution in [0.1, 0.15) is 12.8 Å². The number of halogens is 1. The van der Waals surface area contributed by atoms with Crippen molar-refractivity contribution in [3.63, 3.8) is 0 Å². The van der Waals surface area contributed by atoms with E-state index < -0.39 is 0 Å². The third-order valence-corrected chi connectivity index (χ3v) is 5.48. The van der Waals surface area contributed by atoms with Gasteiger partial charge in [0.25, 0.3) is 0 Å². The van der Waals surface area contributed by atoms with Crippen molar-refractivity contribution in [3.05, 3.63) is 12.4 Å². The summed E-state index contributed by atoms with van der Waals surface area (Å²) in [5.74, 6) is 0.894. The zero-order chi connectivity index (χ0) is 19.9. The molecule has 0 saturated carbocycles. The molecule has 1 amide bonds. The Kier molecular flexibility index (Phi) is 9.63. The van der Waals surface area contributed by atoms with Gasteiger partial charge in [0, 0.05) is 53.0 Å². The minimum Gasteiger partial charge on any atom is -0.356 e. The van der Waals surface area contributed by atoms with Gasteiger partial charge in [-0.25, -0.2) is 0 Å². The Morgan fingerprint density at radius 2 is 2.00 bits per heavy atom. The summed E-state index contributed by atoms with van der Waals surface area (Å²) in [4.78, 5) is 25.8. The summed E-state index contributed by atoms with van der Waals surface area (Å²) < 4.78 is 1.72. The number of aryl methyl sites for hydroxylation is 1. The summed E-state index contributed by atoms with van der Waals surface area (Å²) in [5, 5.41) is 7.60. The molecular weight excluding hydrogens is 483 g/mol. The smallest absolute Gasteiger partial charge is 0.246 e. The number of guanidine groups is 1. The van der Waals surface area contributed by atoms with Crippen molar-refractivity contribution in [1.82, 2.24) is 29.8 Å². The van der Waals surface area contributed by atoms with Crippen molar-refractivity contribution in [3.8, 4) is 0 Å². The van der Waals surface area contributed by atoms with Gasteiger partial charge in [-0.3, -0.25) is 14.5 Å². The monoisotopic (exact) mass is 518 g/mol. The number of amides is 1. The van der Waals surface area contributed by atoms with Crippen LogP contribution in [0.25, 0.3) is 0 Å². The lowest BCUT2D eigenvalue weighted by atomic mass is 10.3. The number of nitrogens with one attached hydrogen (secondary N) is 1. The van der Waals surface area contributed by atoms with Crippen LogP contribution in [-0.4, -0.2) is 109 Å². The number of nitrogens with zero attached hydrogens (tertiary/aromatic N) is 7. The molecule has 0 aliphatic carbocycles. The van der Waals surface area contributed by atoms with Gasteiger partial charge in [-0.2, -0.15) is 5.10 Å². The first-order chi connectivity index (χ1) is 13.6. The van der Waals surface area contributed by atoms with Crippen LogP contribution in [0, 0.1) is 0 Å². The summed E-state index contributed by atoms with van der Waals surface area (Å²) >= 11 is 0. The molecule has 164 valence electrons. The number of hydrogen-bond acceptors (Lipinski definition) is 5. The van der Waals surface area contributed by atoms with Crippen LogP contribution in [0.15, 0.2) is 17.4 Å². The molecule has 0 aromatic carbocycles. The molecule has 1 aromatic heterocycles. The summed E-state index contributed by atoms with van der Waals surface area (Å²) in [6.07, 6.45) is 5.93. The van der Waals surface area contributed by atoms with E-state index in [1.807, 2.05) is 18.1 Å². The highest BCUT2D eigenvalue weighted by molar-refractivity contribution is 14.0. The molecule has 2 aliphatic rings. The molecule has 0 radical (unpaired) electrons. The highest BCUT2D eigenvalue weighted by Crippen LogP contribution is 2.16. The minimum atomic E-state index is 0. The minimum absolute atomic E-state index is 0. The largest absolute Gasteiger partial charge is 0.356 e. The lowest BCUT2D eigenvalue weighted by Gasteiger charge is -2.35. The second kappa shape index (κ2) is 11.7. The SMILES string of the molecule is CN=C(NCCCN1CCCN(C)CC1)N1CCN(c2cnn(C)c2)C(=O)C1.I. The van der Waals surface area contributed by atoms with Gasteiger partial charge in [0.1, 0.15) is 6.54 Å². The van der Waals surface area contributed by atoms with E-state index in [1.165, 1.54) is 19.5 Å². The van der Waals surface area contributed by atoms with Gasteiger partial charge in [-0.15, -0.1) is 24.0 Å². The number of piperazine rings is 1. The highest BCUT2D eigenvalue weighted by atomic mass is 127. The van der Waals surface area contributed by atoms with Gasteiger partial charge in [-0.1, -0.05) is 0 Å². The highest BCUT2D eigenvalue weighted by Gasteiger charge is 2.27. The lowest BCUT2D eigenvalue weighted by Crippen LogP contribution is -2.55. The molecule has 1 N–H and O–H groups in total. The predicted molar refractivity (Wildman–Crippen MR) is 127 cm³/mol. The molecule has 2 saturated heterocycles. The molecule has 0 unspecified atom stereocenters. The van der Waals surface area contributed by atoms with E-state index >= 15 is 0 Å². The average Bonchev–Trinajstić information content (AvgIpc) is 3.00. The molecule has 2 fully saturated rings. The molecule has 0 atom stereocenters. The fourth-order valence-corrected chi connectivity index (χ4v) is 3.83. The number of likely N-dealkylation sites (N-methyl/N-ethyl adjacent to an activating group) is 1. The summed E-state index contributed by atoms with van der Waals surface area (Å²) in [6, 6.07) is 0. The van der Waals surface area contributed by atoms with Crippen molar-refractivity contribution in [2.45, 2.75) is 12.8 Å². The third kappa shape index (κ3) is 6.82. The van der Waals surface area contributed by atoms with Crippen LogP contribution >= 0.6 is 24.0 Å². The van der Waals surface area contributed by atoms with E-state index in [0.717, 1.165) is 50.8 Å². The van der Waals surface area contributed by atoms with Gasteiger partial charge in [0.05, 0.1) is 11.9 Å². The molecule has 29 heavy (non-hydrogen) atoms. The van der Waals surface area contributed by atoms with Crippen LogP contribution in [0.4, 0.5) is 5.69 Å². The molecule has 9 nitrogen and oxygen atoms in total. The Hall–Kier alpha value is -1.40. The Morgan fingerprint density at radius 1 is 1.17 bits per heavy atom. The number of carbonyl (C=O) groups excluding carboxylic acids is 1. The first kappa shape index (κ1) is 23.9. The van der Waals surface area contributed by atoms with Crippen molar-refractivity contribution in [2.24, 2.45) is 12.0 Å². The second-order valence-corrected chi connectivity index (χ2v) is 7.67. The van der Waals surface area contributed by atoms with Gasteiger partial charge in [0.2, 0.25) is 5.91 Å². The Morgan fingerprint density at radius 3 is 2.69 bits per heavy atom. The van der Waals surface area contributed by atoms with Crippen molar-refractivity contribution < 1.29 is 4.79 Å². The number of rotatable bonds is 5. The Bertz CT molecular complexity index is 679. The zero-order valence-corrected chi connectivity index (χ0v) is 20.2. The molecule has 1 aromatic rings. The topological polar surface area (TPSA) is 72.2 Å². The fourth-order valence-electron chi connectivity index (χ4n) is 3.83. The number of carbonyl (C=O) groups is 1. The van der Waals surface area contributed by atoms with Crippen LogP contribution in [-0.2, 0) is 11.8 Å². The van der Waals surface area contributed by atoms with E-state index in [4.69, 9.17) is 0 Å². The molecule has 0 bridgehead atoms. The van der Waals surface area contributed by atoms with E-state index in [9.17, 15) is 4.79 Å². The van der Waals surface area contributed by atoms with E-state index in [-0.39, 0.29) is 29.9 Å². The van der Waals surface area contributed by atoms with Crippen molar-refractivity contribution >= 4 is 41.5 Å². The number of aromatic nitrogens is 2. The molecule has 10 heteroatoms. The van der Waals surface area contributed by atoms with Crippen LogP contribution in [0.2, 0.25) is 0 Å². The number of aliphatic imine (C=N–C) groups is 1. The number of hydrogen-bond donors (Lipinski definition) is 1. The standard InChI is InChI=1S/C19H34N8O.HI/c1-20-19(21-6-4-8-25-9-5-7-23(2)10-11-25)26-12-13-27(18(28)16-26)17-14-22-24(3)15-17;/h14-15H,4-13,16H2,1-3H3,(H,20,21);1H. The quantitative estimate of drug-likeness (QED) is 0.262. The van der Waals surface area contributed by atoms with Crippen molar-refractivity contribution in [2.75, 3.05) is 77.9 Å². The van der Waals surface area contributed by atoms with Gasteiger partial charge >= 0.3 is 0 Å². The van der Waals surface area contributed by atoms with Crippen molar-refractivity contribution in [1.29, 1.82) is 0 Å². The summed E-state index contributed by atoms with van der Waals surface area (Å²) in [6.45, 7) is 8.40. The predicted octanol–water partition coefficient (Wildman–Crippen LogP) is 0.290. The fraction of sp³-hybridized carbons (Fsp3) is 0.737. The summed E-state index contributed by atoms with van der Waals surface area (Å²) in [5.41, 5.74) is 0.859. The molecule has 2 aliphatic heterocycles. The lowest BCUT2D eigenvalue weighted by molar-refractivity contribution is -0.120. The number of anilines is 1. The van der Waals surface area contributed by atoms with E-state index in [1.54, 1.807) is 22.8 Å². The maximum Gasteiger partial charge on any atom is 0.246 e. The van der Waals surface area contributed by atoms with Gasteiger partial charge in [0.15, 0.2) is 5.96 Å². The first-order valence-electron chi connectivity index (χ1n) is 10.2. The zero-order valence-electron chi connectivity index (χ0n) is 17.9. The van der Waals surface area contributed by atoms with Crippen LogP contribution in [0.5, 0.6) is 0 Å². The average molecular weight is 518 g/mol. The van der Waals surface area contributed by atoms with Gasteiger partial charge in [-0.05, 0) is 39.5 Å². The summed E-state index contributed by atoms with van der Waals surface area (Å²) in [7, 11) is 5.84. The second-order valence-electron chi connectivity index (χ2n) is 7.67. The molecule has 0 spiro atoms. The normalized spacial score (nSPS) is 19.8. The maximum atomic E-state index is 12.6. The Balaban J connectivity index is 0.00000300.